The molecule has 0 saturated heterocycles. The molecule has 9 heteroatoms. The number of halogens is 5. The fourth-order valence-corrected chi connectivity index (χ4v) is 2.27. The standard InChI is InChI=1S/C16H23F5O4/c1-3-5-6-11(4-2)9-12(10-15(17,18)16(19,20)21)25-14(24)8-7-13(22)23/h7-8,11-12H,3-6,9-10H2,1-2H3,(H,22,23)/b8-7+. The molecular formula is C16H23F5O4. The summed E-state index contributed by atoms with van der Waals surface area (Å²) in [6, 6.07) is 0. The van der Waals surface area contributed by atoms with Crippen molar-refractivity contribution in [3.63, 3.8) is 0 Å². The second-order valence-electron chi connectivity index (χ2n) is 5.79. The predicted octanol–water partition coefficient (Wildman–Crippen LogP) is 4.73. The lowest BCUT2D eigenvalue weighted by atomic mass is 9.91. The number of carboxylic acid groups (broad SMARTS) is 1. The van der Waals surface area contributed by atoms with E-state index in [0.717, 1.165) is 12.8 Å². The molecule has 146 valence electrons. The van der Waals surface area contributed by atoms with Gasteiger partial charge in [-0.3, -0.25) is 0 Å². The van der Waals surface area contributed by atoms with Gasteiger partial charge in [-0.1, -0.05) is 39.5 Å². The van der Waals surface area contributed by atoms with Gasteiger partial charge in [0.2, 0.25) is 0 Å². The summed E-state index contributed by atoms with van der Waals surface area (Å²) in [6.45, 7) is 3.68. The molecule has 0 aliphatic carbocycles. The van der Waals surface area contributed by atoms with Crippen molar-refractivity contribution >= 4 is 11.9 Å². The Bertz CT molecular complexity index is 460. The summed E-state index contributed by atoms with van der Waals surface area (Å²) in [4.78, 5) is 21.8. The van der Waals surface area contributed by atoms with Crippen molar-refractivity contribution in [2.24, 2.45) is 5.92 Å². The largest absolute Gasteiger partial charge is 0.478 e. The maximum atomic E-state index is 13.3. The Labute approximate surface area is 143 Å². The van der Waals surface area contributed by atoms with Gasteiger partial charge in [0.15, 0.2) is 0 Å². The molecule has 2 unspecified atom stereocenters. The monoisotopic (exact) mass is 374 g/mol. The van der Waals surface area contributed by atoms with Crippen LogP contribution in [0.4, 0.5) is 22.0 Å². The zero-order valence-corrected chi connectivity index (χ0v) is 14.1. The Morgan fingerprint density at radius 1 is 1.12 bits per heavy atom. The first-order valence-electron chi connectivity index (χ1n) is 7.99. The molecule has 0 aliphatic rings. The van der Waals surface area contributed by atoms with Gasteiger partial charge in [-0.25, -0.2) is 9.59 Å². The van der Waals surface area contributed by atoms with Crippen LogP contribution in [0.15, 0.2) is 12.2 Å². The average molecular weight is 374 g/mol. The number of rotatable bonds is 11. The molecule has 0 rings (SSSR count). The van der Waals surface area contributed by atoms with E-state index in [4.69, 9.17) is 5.11 Å². The van der Waals surface area contributed by atoms with E-state index >= 15 is 0 Å². The van der Waals surface area contributed by atoms with Crippen LogP contribution in [0.3, 0.4) is 0 Å². The molecule has 0 bridgehead atoms. The molecule has 0 aromatic heterocycles. The van der Waals surface area contributed by atoms with Crippen LogP contribution in [0.5, 0.6) is 0 Å². The quantitative estimate of drug-likeness (QED) is 0.323. The van der Waals surface area contributed by atoms with Gasteiger partial charge in [0.05, 0.1) is 6.42 Å². The van der Waals surface area contributed by atoms with E-state index in [1.807, 2.05) is 6.92 Å². The lowest BCUT2D eigenvalue weighted by molar-refractivity contribution is -0.291. The molecule has 0 saturated carbocycles. The zero-order valence-electron chi connectivity index (χ0n) is 14.1. The van der Waals surface area contributed by atoms with E-state index in [9.17, 15) is 31.5 Å². The second kappa shape index (κ2) is 10.4. The number of carboxylic acids is 1. The van der Waals surface area contributed by atoms with Crippen molar-refractivity contribution in [1.82, 2.24) is 0 Å². The molecule has 0 spiro atoms. The van der Waals surface area contributed by atoms with Gasteiger partial charge in [0.1, 0.15) is 6.10 Å². The molecule has 0 aromatic carbocycles. The van der Waals surface area contributed by atoms with Crippen molar-refractivity contribution in [2.45, 2.75) is 70.6 Å². The minimum atomic E-state index is -5.75. The van der Waals surface area contributed by atoms with Gasteiger partial charge in [0, 0.05) is 12.2 Å². The molecule has 25 heavy (non-hydrogen) atoms. The minimum absolute atomic E-state index is 0.144. The predicted molar refractivity (Wildman–Crippen MR) is 80.2 cm³/mol. The molecule has 0 aromatic rings. The first-order valence-corrected chi connectivity index (χ1v) is 7.99. The topological polar surface area (TPSA) is 63.6 Å². The van der Waals surface area contributed by atoms with Gasteiger partial charge in [-0.05, 0) is 12.3 Å². The van der Waals surface area contributed by atoms with Crippen molar-refractivity contribution in [3.8, 4) is 0 Å². The number of alkyl halides is 5. The highest BCUT2D eigenvalue weighted by Crippen LogP contribution is 2.40. The van der Waals surface area contributed by atoms with Gasteiger partial charge in [-0.15, -0.1) is 0 Å². The van der Waals surface area contributed by atoms with Crippen molar-refractivity contribution in [1.29, 1.82) is 0 Å². The fraction of sp³-hybridized carbons (Fsp3) is 0.750. The number of unbranched alkanes of at least 4 members (excludes halogenated alkanes) is 1. The van der Waals surface area contributed by atoms with Crippen LogP contribution < -0.4 is 0 Å². The number of hydrogen-bond acceptors (Lipinski definition) is 3. The fourth-order valence-electron chi connectivity index (χ4n) is 2.27. The number of esters is 1. The molecule has 0 heterocycles. The van der Waals surface area contributed by atoms with E-state index in [0.29, 0.717) is 25.0 Å². The summed E-state index contributed by atoms with van der Waals surface area (Å²) in [5, 5.41) is 8.41. The molecule has 0 fully saturated rings. The maximum absolute atomic E-state index is 13.3. The highest BCUT2D eigenvalue weighted by molar-refractivity contribution is 5.90. The smallest absolute Gasteiger partial charge is 0.453 e. The van der Waals surface area contributed by atoms with E-state index in [2.05, 4.69) is 4.74 Å². The number of carbonyl (C=O) groups is 2. The van der Waals surface area contributed by atoms with Crippen LogP contribution in [0.2, 0.25) is 0 Å². The Balaban J connectivity index is 5.15. The van der Waals surface area contributed by atoms with Crippen molar-refractivity contribution < 1.29 is 41.4 Å². The lowest BCUT2D eigenvalue weighted by Gasteiger charge is -2.27. The average Bonchev–Trinajstić information content (AvgIpc) is 2.47. The highest BCUT2D eigenvalue weighted by Gasteiger charge is 2.58. The van der Waals surface area contributed by atoms with E-state index < -0.39 is 36.6 Å². The summed E-state index contributed by atoms with van der Waals surface area (Å²) in [5.74, 6) is -7.92. The van der Waals surface area contributed by atoms with Gasteiger partial charge in [-0.2, -0.15) is 22.0 Å². The second-order valence-corrected chi connectivity index (χ2v) is 5.79. The third kappa shape index (κ3) is 9.40. The lowest BCUT2D eigenvalue weighted by Crippen LogP contribution is -2.41. The Hall–Kier alpha value is -1.67. The van der Waals surface area contributed by atoms with Crippen molar-refractivity contribution in [3.05, 3.63) is 12.2 Å². The zero-order chi connectivity index (χ0) is 19.7. The summed E-state index contributed by atoms with van der Waals surface area (Å²) in [6.07, 6.45) is -5.58. The Morgan fingerprint density at radius 3 is 2.16 bits per heavy atom. The summed E-state index contributed by atoms with van der Waals surface area (Å²) in [7, 11) is 0. The summed E-state index contributed by atoms with van der Waals surface area (Å²) >= 11 is 0. The van der Waals surface area contributed by atoms with Crippen LogP contribution in [0, 0.1) is 5.92 Å². The van der Waals surface area contributed by atoms with Gasteiger partial charge in [0.25, 0.3) is 0 Å². The highest BCUT2D eigenvalue weighted by atomic mass is 19.4. The molecule has 0 amide bonds. The minimum Gasteiger partial charge on any atom is -0.478 e. The molecule has 0 aliphatic heterocycles. The van der Waals surface area contributed by atoms with E-state index in [1.165, 1.54) is 0 Å². The molecule has 4 nitrogen and oxygen atoms in total. The first-order chi connectivity index (χ1) is 11.4. The van der Waals surface area contributed by atoms with Crippen LogP contribution in [-0.2, 0) is 14.3 Å². The van der Waals surface area contributed by atoms with E-state index in [1.54, 1.807) is 6.92 Å². The van der Waals surface area contributed by atoms with Crippen LogP contribution in [-0.4, -0.2) is 35.2 Å². The van der Waals surface area contributed by atoms with E-state index in [-0.39, 0.29) is 12.3 Å². The Kier molecular flexibility index (Phi) is 9.66. The summed E-state index contributed by atoms with van der Waals surface area (Å²) in [5.41, 5.74) is 0. The number of carbonyl (C=O) groups excluding carboxylic acids is 1. The third-order valence-corrected chi connectivity index (χ3v) is 3.68. The SMILES string of the molecule is CCCCC(CC)CC(CC(F)(F)C(F)(F)F)OC(=O)/C=C/C(=O)O. The van der Waals surface area contributed by atoms with Crippen LogP contribution in [0.25, 0.3) is 0 Å². The summed E-state index contributed by atoms with van der Waals surface area (Å²) < 4.78 is 68.6. The van der Waals surface area contributed by atoms with Gasteiger partial charge < -0.3 is 9.84 Å². The number of hydrogen-bond donors (Lipinski definition) is 1. The first kappa shape index (κ1) is 23.3. The molecular weight excluding hydrogens is 351 g/mol. The maximum Gasteiger partial charge on any atom is 0.453 e. The third-order valence-electron chi connectivity index (χ3n) is 3.68. The molecule has 0 radical (unpaired) electrons. The Morgan fingerprint density at radius 2 is 1.72 bits per heavy atom. The molecule has 1 N–H and O–H groups in total. The number of aliphatic carboxylic acids is 1. The normalized spacial score (nSPS) is 15.2. The molecule has 2 atom stereocenters. The van der Waals surface area contributed by atoms with Gasteiger partial charge >= 0.3 is 24.0 Å². The van der Waals surface area contributed by atoms with Crippen LogP contribution in [0.1, 0.15) is 52.4 Å². The van der Waals surface area contributed by atoms with Crippen molar-refractivity contribution in [2.75, 3.05) is 0 Å². The number of ether oxygens (including phenoxy) is 1. The van der Waals surface area contributed by atoms with Crippen LogP contribution >= 0.6 is 0 Å².